The number of hydrogen-bond donors (Lipinski definition) is 4. The molecule has 0 spiro atoms. The zero-order valence-electron chi connectivity index (χ0n) is 44.5. The third-order valence-corrected chi connectivity index (χ3v) is 18.1. The molecule has 6 aromatic rings. The fourth-order valence-electron chi connectivity index (χ4n) is 14.0. The molecular weight excluding hydrogens is 985 g/mol. The number of ether oxygens (including phenoxy) is 4. The van der Waals surface area contributed by atoms with Crippen LogP contribution in [0.15, 0.2) is 142 Å². The number of aryl methyl sites for hydroxylation is 1. The molecule has 2 fully saturated rings. The summed E-state index contributed by atoms with van der Waals surface area (Å²) < 4.78 is 32.9. The molecule has 3 aliphatic heterocycles. The fourth-order valence-corrected chi connectivity index (χ4v) is 14.0. The Kier molecular flexibility index (Phi) is 15.7. The highest BCUT2D eigenvalue weighted by molar-refractivity contribution is 5.90. The van der Waals surface area contributed by atoms with Gasteiger partial charge in [-0.25, -0.2) is 9.59 Å². The van der Waals surface area contributed by atoms with Crippen LogP contribution in [0.3, 0.4) is 0 Å². The molecular formula is C66H70O12. The Bertz CT molecular complexity index is 3280. The summed E-state index contributed by atoms with van der Waals surface area (Å²) in [6.07, 6.45) is 7.25. The minimum absolute atomic E-state index is 0.00350. The smallest absolute Gasteiger partial charge is 0.340 e. The first-order valence-corrected chi connectivity index (χ1v) is 27.9. The van der Waals surface area contributed by atoms with Crippen LogP contribution >= 0.6 is 0 Å². The molecule has 2 saturated carbocycles. The van der Waals surface area contributed by atoms with Crippen LogP contribution in [0.1, 0.15) is 151 Å². The van der Waals surface area contributed by atoms with Crippen LogP contribution in [0.5, 0.6) is 5.75 Å². The highest BCUT2D eigenvalue weighted by Crippen LogP contribution is 2.58. The highest BCUT2D eigenvalue weighted by Gasteiger charge is 2.59. The lowest BCUT2D eigenvalue weighted by Crippen LogP contribution is -2.58. The molecule has 0 saturated heterocycles. The maximum Gasteiger partial charge on any atom is 0.340 e. The Morgan fingerprint density at radius 3 is 2.37 bits per heavy atom. The van der Waals surface area contributed by atoms with Crippen molar-refractivity contribution >= 4 is 29.0 Å². The third kappa shape index (κ3) is 10.4. The zero-order valence-corrected chi connectivity index (χ0v) is 44.5. The highest BCUT2D eigenvalue weighted by atomic mass is 16.6. The van der Waals surface area contributed by atoms with Crippen LogP contribution in [-0.4, -0.2) is 70.7 Å². The van der Waals surface area contributed by atoms with Crippen molar-refractivity contribution in [2.24, 2.45) is 17.8 Å². The van der Waals surface area contributed by atoms with Crippen LogP contribution < -0.4 is 10.4 Å². The van der Waals surface area contributed by atoms with Gasteiger partial charge in [0.1, 0.15) is 23.7 Å². The minimum atomic E-state index is -1.38. The molecule has 6 aliphatic rings. The monoisotopic (exact) mass is 1050 g/mol. The van der Waals surface area contributed by atoms with Gasteiger partial charge < -0.3 is 43.8 Å². The van der Waals surface area contributed by atoms with E-state index in [4.69, 9.17) is 23.4 Å². The Balaban J connectivity index is 1.05. The number of hydrogen-bond acceptors (Lipinski definition) is 12. The van der Waals surface area contributed by atoms with E-state index in [1.54, 1.807) is 19.1 Å². The Morgan fingerprint density at radius 2 is 1.59 bits per heavy atom. The number of esters is 2. The van der Waals surface area contributed by atoms with Crippen LogP contribution in [0, 0.1) is 17.8 Å². The lowest BCUT2D eigenvalue weighted by molar-refractivity contribution is -0.199. The minimum Gasteiger partial charge on any atom is -0.483 e. The molecule has 406 valence electrons. The molecule has 78 heavy (non-hydrogen) atoms. The van der Waals surface area contributed by atoms with Gasteiger partial charge >= 0.3 is 17.6 Å². The van der Waals surface area contributed by atoms with Gasteiger partial charge in [0.2, 0.25) is 0 Å². The molecule has 4 N–H and O–H groups in total. The van der Waals surface area contributed by atoms with Gasteiger partial charge in [-0.05, 0) is 163 Å². The van der Waals surface area contributed by atoms with Gasteiger partial charge in [0, 0.05) is 41.4 Å². The number of aliphatic hydroxyl groups is 4. The van der Waals surface area contributed by atoms with E-state index in [1.807, 2.05) is 19.1 Å². The lowest BCUT2D eigenvalue weighted by atomic mass is 9.68. The number of allylic oxidation sites excluding steroid dienone is 1. The van der Waals surface area contributed by atoms with Gasteiger partial charge in [-0.1, -0.05) is 115 Å². The normalized spacial score (nSPS) is 26.8. The van der Waals surface area contributed by atoms with Crippen LogP contribution in [0.25, 0.3) is 17.0 Å². The molecule has 12 heteroatoms. The summed E-state index contributed by atoms with van der Waals surface area (Å²) in [4.78, 5) is 45.3. The maximum absolute atomic E-state index is 15.5. The summed E-state index contributed by atoms with van der Waals surface area (Å²) in [6, 6.07) is 39.6. The first-order chi connectivity index (χ1) is 38.0. The standard InChI is InChI=1S/C66H70O12/c1-39(35-68)51-23-17-40-15-18-44(19-16-40)52-24-22-46(45-13-8-11-42(30-45)29-41-9-4-3-5-10-41)31-49(52)33-58(71)75-62-60-57(26-25-54-56(36-69)59(65(73)76-61(54)60)48(27-28-67)37-74-38-70)78-66(2,63(62)77-64(51)72)50-32-47-21-20-43-12-6-7-14-53(43)55(47)34-50/h3-16,18-21,25-26,30,46-50,52,55,62-63,67-70H,17,22-24,27-29,31-38H2,1-2H3/b51-39-/t46-,47-,48+,49-,50-,52-,55+,62+,63-,66-/m0/s1. The van der Waals surface area contributed by atoms with E-state index in [9.17, 15) is 25.2 Å². The van der Waals surface area contributed by atoms with Gasteiger partial charge in [-0.15, -0.1) is 0 Å². The van der Waals surface area contributed by atoms with Crippen molar-refractivity contribution in [1.82, 2.24) is 0 Å². The quantitative estimate of drug-likeness (QED) is 0.0395. The SMILES string of the molecule is C/C(CO)=C1\CCc2ccc(cc2)[C@@H]2CC[C@H](c3cccc(Cc4ccccc4)c3)C[C@H]2CC(=O)O[C@@H]2c3c(ccc4c(CO)c([C@H](CCO)COCO)c(=O)oc34)O[C@@](C)([C@H]3C[C@@H]4C=Cc5ccccc5[C@@H]4C3)[C@H]2OC1=O. The van der Waals surface area contributed by atoms with Crippen molar-refractivity contribution in [2.75, 3.05) is 26.6 Å². The molecule has 3 aliphatic carbocycles. The van der Waals surface area contributed by atoms with E-state index in [2.05, 4.69) is 103 Å². The molecule has 4 heterocycles. The summed E-state index contributed by atoms with van der Waals surface area (Å²) in [7, 11) is 0. The van der Waals surface area contributed by atoms with Crippen LogP contribution in [0.4, 0.5) is 0 Å². The average Bonchev–Trinajstić information content (AvgIpc) is 4.08. The first kappa shape index (κ1) is 53.3. The number of aliphatic hydroxyl groups excluding tert-OH is 4. The summed E-state index contributed by atoms with van der Waals surface area (Å²) in [5.41, 5.74) is 7.31. The van der Waals surface area contributed by atoms with Gasteiger partial charge in [0.15, 0.2) is 12.2 Å². The maximum atomic E-state index is 15.5. The Labute approximate surface area is 455 Å². The molecule has 0 radical (unpaired) electrons. The molecule has 0 amide bonds. The zero-order chi connectivity index (χ0) is 54.1. The first-order valence-electron chi connectivity index (χ1n) is 27.9. The number of carbonyl (C=O) groups excluding carboxylic acids is 2. The fraction of sp³-hybridized carbons (Fsp3) is 0.409. The van der Waals surface area contributed by atoms with Crippen molar-refractivity contribution in [1.29, 1.82) is 0 Å². The summed E-state index contributed by atoms with van der Waals surface area (Å²) >= 11 is 0. The molecule has 2 bridgehead atoms. The number of rotatable bonds is 12. The summed E-state index contributed by atoms with van der Waals surface area (Å²) in [5, 5.41) is 41.9. The number of carbonyl (C=O) groups is 2. The van der Waals surface area contributed by atoms with E-state index < -0.39 is 54.7 Å². The van der Waals surface area contributed by atoms with Crippen molar-refractivity contribution in [3.63, 3.8) is 0 Å². The topological polar surface area (TPSA) is 182 Å². The predicted octanol–water partition coefficient (Wildman–Crippen LogP) is 10.8. The second kappa shape index (κ2) is 23.0. The van der Waals surface area contributed by atoms with Gasteiger partial charge in [0.05, 0.1) is 25.4 Å². The van der Waals surface area contributed by atoms with Crippen LogP contribution in [-0.2, 0) is 43.2 Å². The number of benzene rings is 5. The van der Waals surface area contributed by atoms with Crippen molar-refractivity contribution in [2.45, 2.75) is 126 Å². The van der Waals surface area contributed by atoms with E-state index in [1.165, 1.54) is 22.3 Å². The van der Waals surface area contributed by atoms with E-state index in [-0.39, 0.29) is 103 Å². The van der Waals surface area contributed by atoms with Crippen LogP contribution in [0.2, 0.25) is 0 Å². The largest absolute Gasteiger partial charge is 0.483 e. The molecule has 1 aromatic heterocycles. The third-order valence-electron chi connectivity index (χ3n) is 18.1. The van der Waals surface area contributed by atoms with Gasteiger partial charge in [0.25, 0.3) is 0 Å². The Hall–Kier alpha value is -6.67. The number of fused-ring (bicyclic) bond motifs is 14. The van der Waals surface area contributed by atoms with Gasteiger partial charge in [-0.3, -0.25) is 4.79 Å². The summed E-state index contributed by atoms with van der Waals surface area (Å²) in [6.45, 7) is 1.60. The molecule has 0 unspecified atom stereocenters. The molecule has 5 aromatic carbocycles. The molecule has 12 nitrogen and oxygen atoms in total. The van der Waals surface area contributed by atoms with Crippen molar-refractivity contribution < 1.29 is 53.4 Å². The van der Waals surface area contributed by atoms with E-state index in [0.717, 1.165) is 42.4 Å². The summed E-state index contributed by atoms with van der Waals surface area (Å²) in [5.74, 6) is -1.60. The van der Waals surface area contributed by atoms with Crippen molar-refractivity contribution in [3.8, 4) is 5.75 Å². The van der Waals surface area contributed by atoms with Crippen molar-refractivity contribution in [3.05, 3.63) is 199 Å². The van der Waals surface area contributed by atoms with Gasteiger partial charge in [-0.2, -0.15) is 0 Å². The second-order valence-corrected chi connectivity index (χ2v) is 22.6. The molecule has 12 rings (SSSR count). The van der Waals surface area contributed by atoms with E-state index in [0.29, 0.717) is 35.8 Å². The molecule has 10 atom stereocenters. The lowest BCUT2D eigenvalue weighted by Gasteiger charge is -2.48. The van der Waals surface area contributed by atoms with E-state index >= 15 is 9.59 Å². The second-order valence-electron chi connectivity index (χ2n) is 22.6. The predicted molar refractivity (Wildman–Crippen MR) is 296 cm³/mol. The Morgan fingerprint density at radius 1 is 0.795 bits per heavy atom. The average molecular weight is 1060 g/mol.